The number of carbonyl (C=O) groups is 2. The van der Waals surface area contributed by atoms with E-state index in [2.05, 4.69) is 26.5 Å². The molecule has 5 heteroatoms. The lowest BCUT2D eigenvalue weighted by atomic mass is 9.47. The zero-order valence-electron chi connectivity index (χ0n) is 15.7. The van der Waals surface area contributed by atoms with Crippen LogP contribution in [-0.2, 0) is 9.59 Å². The molecule has 4 aliphatic rings. The smallest absolute Gasteiger partial charge is 0.211 e. The molecule has 0 radical (unpaired) electrons. The van der Waals surface area contributed by atoms with E-state index >= 15 is 0 Å². The normalized spacial score (nSPS) is 47.8. The number of aliphatic hydroxyl groups excluding tert-OH is 2. The number of ketones is 1. The van der Waals surface area contributed by atoms with Crippen molar-refractivity contribution in [2.45, 2.75) is 52.9 Å². The first-order valence-corrected chi connectivity index (χ1v) is 10.2. The van der Waals surface area contributed by atoms with Gasteiger partial charge >= 0.3 is 0 Å². The molecule has 0 saturated heterocycles. The summed E-state index contributed by atoms with van der Waals surface area (Å²) in [6, 6.07) is 0. The minimum absolute atomic E-state index is 0.00259. The van der Waals surface area contributed by atoms with Gasteiger partial charge < -0.3 is 10.2 Å². The number of hydrogen-bond donors (Lipinski definition) is 3. The van der Waals surface area contributed by atoms with E-state index in [1.54, 1.807) is 6.08 Å². The maximum absolute atomic E-state index is 13.0. The molecule has 4 aliphatic carbocycles. The summed E-state index contributed by atoms with van der Waals surface area (Å²) in [6.45, 7) is 6.35. The van der Waals surface area contributed by atoms with Crippen LogP contribution in [0.4, 0.5) is 0 Å². The van der Waals surface area contributed by atoms with E-state index in [1.165, 1.54) is 0 Å². The minimum atomic E-state index is -0.729. The molecule has 4 nitrogen and oxygen atoms in total. The molecule has 0 aromatic carbocycles. The van der Waals surface area contributed by atoms with E-state index in [1.807, 2.05) is 6.92 Å². The molecule has 3 fully saturated rings. The average molecular weight is 377 g/mol. The Bertz CT molecular complexity index is 753. The van der Waals surface area contributed by atoms with Gasteiger partial charge in [-0.3, -0.25) is 9.59 Å². The van der Waals surface area contributed by atoms with Crippen LogP contribution in [0.1, 0.15) is 52.9 Å². The first-order valence-electron chi connectivity index (χ1n) is 9.73. The fraction of sp³-hybridized carbons (Fsp3) is 0.714. The van der Waals surface area contributed by atoms with E-state index in [4.69, 9.17) is 0 Å². The highest BCUT2D eigenvalue weighted by molar-refractivity contribution is 7.96. The van der Waals surface area contributed by atoms with Gasteiger partial charge in [-0.1, -0.05) is 19.4 Å². The minimum Gasteiger partial charge on any atom is -0.504 e. The Balaban J connectivity index is 1.74. The topological polar surface area (TPSA) is 74.6 Å². The Kier molecular flexibility index (Phi) is 3.93. The standard InChI is InChI=1S/C21H28O4S/c1-10-8-14-12-5-4-11-9-15(22)17(23)18(24)21(11,3)13(12)6-7-20(14,2)16(10)19(25)26/h9-10,12-14,16,22-23H,4-8H2,1-3H3,(H,25,26)/t10-,12-,13+,14+,16-,20+,21+/m1/s1. The van der Waals surface area contributed by atoms with Gasteiger partial charge in [-0.05, 0) is 74.2 Å². The molecule has 0 aromatic rings. The van der Waals surface area contributed by atoms with Gasteiger partial charge in [0.1, 0.15) is 0 Å². The van der Waals surface area contributed by atoms with E-state index in [9.17, 15) is 19.8 Å². The first kappa shape index (κ1) is 18.1. The molecule has 142 valence electrons. The predicted molar refractivity (Wildman–Crippen MR) is 102 cm³/mol. The second-order valence-electron chi connectivity index (χ2n) is 9.42. The summed E-state index contributed by atoms with van der Waals surface area (Å²) in [6.07, 6.45) is 6.14. The number of rotatable bonds is 1. The largest absolute Gasteiger partial charge is 0.504 e. The summed E-state index contributed by atoms with van der Waals surface area (Å²) >= 11 is 4.20. The summed E-state index contributed by atoms with van der Waals surface area (Å²) in [5.41, 5.74) is 0.178. The van der Waals surface area contributed by atoms with Crippen molar-refractivity contribution in [1.29, 1.82) is 0 Å². The third-order valence-electron chi connectivity index (χ3n) is 8.44. The van der Waals surface area contributed by atoms with Crippen LogP contribution in [0.15, 0.2) is 23.2 Å². The molecule has 0 aromatic heterocycles. The van der Waals surface area contributed by atoms with Crippen molar-refractivity contribution in [3.8, 4) is 0 Å². The molecule has 0 spiro atoms. The first-order chi connectivity index (χ1) is 12.1. The molecule has 0 amide bonds. The van der Waals surface area contributed by atoms with Crippen LogP contribution in [0.5, 0.6) is 0 Å². The van der Waals surface area contributed by atoms with Crippen LogP contribution in [0, 0.1) is 40.4 Å². The maximum atomic E-state index is 13.0. The van der Waals surface area contributed by atoms with E-state index in [0.29, 0.717) is 17.8 Å². The lowest BCUT2D eigenvalue weighted by Gasteiger charge is -2.56. The third kappa shape index (κ3) is 2.10. The number of fused-ring (bicyclic) bond motifs is 5. The lowest BCUT2D eigenvalue weighted by molar-refractivity contribution is -0.137. The molecule has 3 saturated carbocycles. The van der Waals surface area contributed by atoms with Crippen LogP contribution in [0.2, 0.25) is 0 Å². The Hall–Kier alpha value is -1.23. The van der Waals surface area contributed by atoms with Crippen LogP contribution < -0.4 is 0 Å². The van der Waals surface area contributed by atoms with Crippen molar-refractivity contribution in [2.24, 2.45) is 40.4 Å². The molecular weight excluding hydrogens is 348 g/mol. The van der Waals surface area contributed by atoms with Crippen molar-refractivity contribution in [3.63, 3.8) is 0 Å². The Morgan fingerprint density at radius 1 is 1.23 bits per heavy atom. The summed E-state index contributed by atoms with van der Waals surface area (Å²) in [5.74, 6) is 0.116. The van der Waals surface area contributed by atoms with Gasteiger partial charge in [0.05, 0.1) is 5.41 Å². The summed E-state index contributed by atoms with van der Waals surface area (Å²) in [5, 5.41) is 20.0. The maximum Gasteiger partial charge on any atom is 0.211 e. The molecule has 26 heavy (non-hydrogen) atoms. The monoisotopic (exact) mass is 376 g/mol. The lowest BCUT2D eigenvalue weighted by Crippen LogP contribution is -2.53. The highest BCUT2D eigenvalue weighted by Gasteiger charge is 2.63. The van der Waals surface area contributed by atoms with Gasteiger partial charge in [-0.25, -0.2) is 0 Å². The van der Waals surface area contributed by atoms with E-state index < -0.39 is 11.2 Å². The number of hydrogen-bond acceptors (Lipinski definition) is 4. The number of aliphatic hydroxyl groups is 2. The van der Waals surface area contributed by atoms with Gasteiger partial charge in [0, 0.05) is 5.92 Å². The van der Waals surface area contributed by atoms with Crippen molar-refractivity contribution >= 4 is 23.5 Å². The van der Waals surface area contributed by atoms with Gasteiger partial charge in [-0.2, -0.15) is 0 Å². The Labute approximate surface area is 160 Å². The number of carbonyl (C=O) groups excluding carboxylic acids is 2. The molecule has 0 heterocycles. The number of Topliss-reactive ketones (excluding diaryl/α,β-unsaturated/α-hetero) is 1. The predicted octanol–water partition coefficient (Wildman–Crippen LogP) is 4.38. The Morgan fingerprint density at radius 3 is 2.58 bits per heavy atom. The average Bonchev–Trinajstić information content (AvgIpc) is 2.85. The zero-order chi connectivity index (χ0) is 19.0. The van der Waals surface area contributed by atoms with Gasteiger partial charge in [0.25, 0.3) is 0 Å². The van der Waals surface area contributed by atoms with Gasteiger partial charge in [-0.15, -0.1) is 12.6 Å². The van der Waals surface area contributed by atoms with Crippen LogP contribution in [-0.4, -0.2) is 21.1 Å². The fourth-order valence-corrected chi connectivity index (χ4v) is 7.80. The number of allylic oxidation sites excluding steroid dienone is 3. The SMILES string of the molecule is C[C@@H]1C[C@H]2[C@@H]3CCC4=CC(O)=C(O)C(=O)[C@]4(C)[C@H]3CC[C@]2(C)[C@H]1C(=O)S. The molecule has 4 rings (SSSR count). The fourth-order valence-electron chi connectivity index (χ4n) is 7.25. The van der Waals surface area contributed by atoms with Gasteiger partial charge in [0.15, 0.2) is 10.9 Å². The molecule has 0 bridgehead atoms. The van der Waals surface area contributed by atoms with Crippen molar-refractivity contribution < 1.29 is 19.8 Å². The van der Waals surface area contributed by atoms with Crippen molar-refractivity contribution in [1.82, 2.24) is 0 Å². The van der Waals surface area contributed by atoms with Crippen LogP contribution in [0.3, 0.4) is 0 Å². The van der Waals surface area contributed by atoms with Crippen molar-refractivity contribution in [2.75, 3.05) is 0 Å². The quantitative estimate of drug-likeness (QED) is 0.594. The molecule has 7 atom stereocenters. The van der Waals surface area contributed by atoms with Crippen molar-refractivity contribution in [3.05, 3.63) is 23.2 Å². The van der Waals surface area contributed by atoms with Crippen LogP contribution >= 0.6 is 12.6 Å². The molecule has 0 unspecified atom stereocenters. The van der Waals surface area contributed by atoms with Crippen LogP contribution in [0.25, 0.3) is 0 Å². The second kappa shape index (κ2) is 5.63. The molecular formula is C21H28O4S. The van der Waals surface area contributed by atoms with E-state index in [-0.39, 0.29) is 33.9 Å². The summed E-state index contributed by atoms with van der Waals surface area (Å²) in [4.78, 5) is 25.2. The highest BCUT2D eigenvalue weighted by Crippen LogP contribution is 2.67. The second-order valence-corrected chi connectivity index (χ2v) is 9.86. The Morgan fingerprint density at radius 2 is 1.92 bits per heavy atom. The van der Waals surface area contributed by atoms with Gasteiger partial charge in [0.2, 0.25) is 11.5 Å². The molecule has 0 aliphatic heterocycles. The highest BCUT2D eigenvalue weighted by atomic mass is 32.1. The summed E-state index contributed by atoms with van der Waals surface area (Å²) in [7, 11) is 0. The number of thiol groups is 1. The zero-order valence-corrected chi connectivity index (χ0v) is 16.6. The summed E-state index contributed by atoms with van der Waals surface area (Å²) < 4.78 is 0. The van der Waals surface area contributed by atoms with E-state index in [0.717, 1.165) is 37.7 Å². The molecule has 2 N–H and O–H groups in total. The third-order valence-corrected chi connectivity index (χ3v) is 8.72.